The first-order valence-corrected chi connectivity index (χ1v) is 10.7. The maximum Gasteiger partial charge on any atom is 0.309 e. The number of aliphatic carboxylic acids is 1. The maximum absolute atomic E-state index is 12.7. The van der Waals surface area contributed by atoms with Crippen molar-refractivity contribution in [3.63, 3.8) is 0 Å². The van der Waals surface area contributed by atoms with Gasteiger partial charge in [0.1, 0.15) is 5.60 Å². The number of esters is 1. The van der Waals surface area contributed by atoms with Crippen molar-refractivity contribution in [2.75, 3.05) is 6.54 Å². The number of ether oxygens (including phenoxy) is 1. The largest absolute Gasteiger partial charge is 0.481 e. The van der Waals surface area contributed by atoms with Gasteiger partial charge in [-0.05, 0) is 58.4 Å². The van der Waals surface area contributed by atoms with Crippen LogP contribution in [0.3, 0.4) is 0 Å². The van der Waals surface area contributed by atoms with E-state index in [-0.39, 0.29) is 11.9 Å². The van der Waals surface area contributed by atoms with Gasteiger partial charge in [0.25, 0.3) is 0 Å². The molecule has 1 atom stereocenters. The van der Waals surface area contributed by atoms with Crippen LogP contribution in [0.5, 0.6) is 0 Å². The minimum Gasteiger partial charge on any atom is -0.481 e. The Morgan fingerprint density at radius 2 is 1.68 bits per heavy atom. The molecule has 28 heavy (non-hydrogen) atoms. The highest BCUT2D eigenvalue weighted by atomic mass is 16.6. The zero-order valence-electron chi connectivity index (χ0n) is 17.8. The molecule has 0 aromatic heterocycles. The quantitative estimate of drug-likeness (QED) is 0.135. The van der Waals surface area contributed by atoms with Gasteiger partial charge < -0.3 is 9.84 Å². The van der Waals surface area contributed by atoms with Crippen LogP contribution in [0.1, 0.15) is 97.8 Å². The van der Waals surface area contributed by atoms with E-state index in [9.17, 15) is 14.7 Å². The Balaban J connectivity index is 2.53. The van der Waals surface area contributed by atoms with E-state index in [1.54, 1.807) is 0 Å². The van der Waals surface area contributed by atoms with Crippen molar-refractivity contribution in [3.8, 4) is 0 Å². The summed E-state index contributed by atoms with van der Waals surface area (Å²) >= 11 is 0. The van der Waals surface area contributed by atoms with E-state index in [0.717, 1.165) is 51.4 Å². The zero-order chi connectivity index (χ0) is 21.0. The Morgan fingerprint density at radius 3 is 2.21 bits per heavy atom. The Bertz CT molecular complexity index is 544. The van der Waals surface area contributed by atoms with Crippen LogP contribution in [0.4, 0.5) is 0 Å². The van der Waals surface area contributed by atoms with Gasteiger partial charge in [0.05, 0.1) is 11.3 Å². The van der Waals surface area contributed by atoms with Crippen LogP contribution < -0.4 is 0 Å². The van der Waals surface area contributed by atoms with Gasteiger partial charge in [0.15, 0.2) is 0 Å². The lowest BCUT2D eigenvalue weighted by molar-refractivity contribution is -0.163. The Labute approximate surface area is 168 Å². The molecule has 1 aliphatic carbocycles. The number of nitrogens with zero attached hydrogens (tertiary/aromatic N) is 3. The molecule has 0 spiro atoms. The van der Waals surface area contributed by atoms with E-state index in [1.807, 2.05) is 20.8 Å². The van der Waals surface area contributed by atoms with Crippen LogP contribution in [0.2, 0.25) is 0 Å². The number of carbonyl (C=O) groups is 2. The summed E-state index contributed by atoms with van der Waals surface area (Å²) in [7, 11) is 0. The highest BCUT2D eigenvalue weighted by Gasteiger charge is 2.44. The number of unbranched alkanes of at least 4 members (excludes halogenated alkanes) is 5. The van der Waals surface area contributed by atoms with Crippen molar-refractivity contribution in [1.82, 2.24) is 0 Å². The number of hydrogen-bond donors (Lipinski definition) is 1. The van der Waals surface area contributed by atoms with Crippen LogP contribution in [-0.2, 0) is 14.3 Å². The Hall–Kier alpha value is -1.75. The molecule has 1 aliphatic rings. The molecule has 1 unspecified atom stereocenters. The third-order valence-corrected chi connectivity index (χ3v) is 5.52. The molecule has 0 aromatic carbocycles. The van der Waals surface area contributed by atoms with Gasteiger partial charge >= 0.3 is 11.9 Å². The van der Waals surface area contributed by atoms with Crippen molar-refractivity contribution < 1.29 is 19.4 Å². The van der Waals surface area contributed by atoms with Gasteiger partial charge in [0.2, 0.25) is 0 Å². The van der Waals surface area contributed by atoms with E-state index in [1.165, 1.54) is 0 Å². The predicted octanol–water partition coefficient (Wildman–Crippen LogP) is 6.02. The highest BCUT2D eigenvalue weighted by Crippen LogP contribution is 2.44. The summed E-state index contributed by atoms with van der Waals surface area (Å²) in [6.07, 6.45) is 10.2. The standard InChI is InChI=1S/C21H37N3O4/c1-20(2,3)28-18(25)17(16-21(19(26)27)13-9-10-14-21)12-8-6-4-5-7-11-15-23-24-22/h17H,4-16H2,1-3H3,(H,26,27). The predicted molar refractivity (Wildman–Crippen MR) is 109 cm³/mol. The minimum absolute atomic E-state index is 0.255. The van der Waals surface area contributed by atoms with Crippen molar-refractivity contribution in [2.24, 2.45) is 16.4 Å². The first kappa shape index (κ1) is 24.3. The molecule has 7 heteroatoms. The molecular weight excluding hydrogens is 358 g/mol. The molecule has 1 fully saturated rings. The molecule has 0 heterocycles. The van der Waals surface area contributed by atoms with E-state index >= 15 is 0 Å². The van der Waals surface area contributed by atoms with Gasteiger partial charge in [0, 0.05) is 11.5 Å². The van der Waals surface area contributed by atoms with Crippen LogP contribution in [0.15, 0.2) is 5.11 Å². The summed E-state index contributed by atoms with van der Waals surface area (Å²) in [6, 6.07) is 0. The molecule has 0 aliphatic heterocycles. The van der Waals surface area contributed by atoms with Gasteiger partial charge in [-0.3, -0.25) is 9.59 Å². The molecule has 1 saturated carbocycles. The van der Waals surface area contributed by atoms with Crippen molar-refractivity contribution in [3.05, 3.63) is 10.4 Å². The molecule has 7 nitrogen and oxygen atoms in total. The first-order valence-electron chi connectivity index (χ1n) is 10.7. The summed E-state index contributed by atoms with van der Waals surface area (Å²) in [5, 5.41) is 13.3. The third kappa shape index (κ3) is 8.96. The molecule has 0 amide bonds. The third-order valence-electron chi connectivity index (χ3n) is 5.52. The van der Waals surface area contributed by atoms with Gasteiger partial charge in [-0.15, -0.1) is 0 Å². The van der Waals surface area contributed by atoms with Crippen LogP contribution in [-0.4, -0.2) is 29.2 Å². The second-order valence-corrected chi connectivity index (χ2v) is 9.09. The van der Waals surface area contributed by atoms with Crippen LogP contribution in [0, 0.1) is 11.3 Å². The van der Waals surface area contributed by atoms with Crippen LogP contribution >= 0.6 is 0 Å². The van der Waals surface area contributed by atoms with E-state index < -0.39 is 17.0 Å². The van der Waals surface area contributed by atoms with Crippen molar-refractivity contribution in [1.29, 1.82) is 0 Å². The smallest absolute Gasteiger partial charge is 0.309 e. The number of carboxylic acid groups (broad SMARTS) is 1. The first-order chi connectivity index (χ1) is 13.2. The van der Waals surface area contributed by atoms with E-state index in [4.69, 9.17) is 10.3 Å². The Kier molecular flexibility index (Phi) is 10.4. The summed E-state index contributed by atoms with van der Waals surface area (Å²) in [5.41, 5.74) is 6.92. The summed E-state index contributed by atoms with van der Waals surface area (Å²) < 4.78 is 5.60. The number of hydrogen-bond acceptors (Lipinski definition) is 4. The summed E-state index contributed by atoms with van der Waals surface area (Å²) in [5.74, 6) is -1.37. The lowest BCUT2D eigenvalue weighted by Crippen LogP contribution is -2.35. The van der Waals surface area contributed by atoms with Crippen LogP contribution in [0.25, 0.3) is 10.4 Å². The fourth-order valence-electron chi connectivity index (χ4n) is 4.04. The monoisotopic (exact) mass is 395 g/mol. The van der Waals surface area contributed by atoms with Crippen molar-refractivity contribution in [2.45, 2.75) is 103 Å². The van der Waals surface area contributed by atoms with Gasteiger partial charge in [-0.25, -0.2) is 0 Å². The second-order valence-electron chi connectivity index (χ2n) is 9.09. The van der Waals surface area contributed by atoms with E-state index in [2.05, 4.69) is 10.0 Å². The SMILES string of the molecule is CC(C)(C)OC(=O)C(CCCCCCCCN=[N+]=[N-])CC1(C(=O)O)CCCC1. The number of rotatable bonds is 13. The normalized spacial score (nSPS) is 17.0. The second kappa shape index (κ2) is 11.9. The van der Waals surface area contributed by atoms with Gasteiger partial charge in [-0.2, -0.15) is 0 Å². The molecule has 0 bridgehead atoms. The van der Waals surface area contributed by atoms with E-state index in [0.29, 0.717) is 32.2 Å². The fourth-order valence-corrected chi connectivity index (χ4v) is 4.04. The zero-order valence-corrected chi connectivity index (χ0v) is 17.8. The molecule has 0 saturated heterocycles. The molecule has 160 valence electrons. The Morgan fingerprint density at radius 1 is 1.11 bits per heavy atom. The molecule has 0 aromatic rings. The minimum atomic E-state index is -0.765. The number of carboxylic acids is 1. The molecule has 0 radical (unpaired) electrons. The number of azide groups is 1. The lowest BCUT2D eigenvalue weighted by atomic mass is 9.76. The molecule has 1 rings (SSSR count). The number of carbonyl (C=O) groups excluding carboxylic acids is 1. The summed E-state index contributed by atoms with van der Waals surface area (Å²) in [6.45, 7) is 6.09. The average Bonchev–Trinajstić information content (AvgIpc) is 3.08. The lowest BCUT2D eigenvalue weighted by Gasteiger charge is -2.30. The summed E-state index contributed by atoms with van der Waals surface area (Å²) in [4.78, 5) is 27.4. The van der Waals surface area contributed by atoms with Crippen molar-refractivity contribution >= 4 is 11.9 Å². The van der Waals surface area contributed by atoms with Gasteiger partial charge in [-0.1, -0.05) is 50.1 Å². The molecule has 1 N–H and O–H groups in total. The molecular formula is C21H37N3O4. The fraction of sp³-hybridized carbons (Fsp3) is 0.905. The average molecular weight is 396 g/mol. The topological polar surface area (TPSA) is 112 Å². The maximum atomic E-state index is 12.7. The highest BCUT2D eigenvalue weighted by molar-refractivity contribution is 5.78.